The second-order valence-electron chi connectivity index (χ2n) is 9.96. The minimum absolute atomic E-state index is 0.560. The molecule has 3 aromatic heterocycles. The zero-order valence-electron chi connectivity index (χ0n) is 20.8. The molecule has 4 nitrogen and oxygen atoms in total. The van der Waals surface area contributed by atoms with E-state index in [2.05, 4.69) is 102 Å². The Morgan fingerprint density at radius 1 is 0.538 bits per heavy atom. The molecule has 0 saturated heterocycles. The predicted molar refractivity (Wildman–Crippen MR) is 159 cm³/mol. The van der Waals surface area contributed by atoms with Crippen molar-refractivity contribution in [3.05, 3.63) is 121 Å². The van der Waals surface area contributed by atoms with Crippen LogP contribution in [0.25, 0.3) is 82.8 Å². The van der Waals surface area contributed by atoms with Gasteiger partial charge in [-0.05, 0) is 47.2 Å². The summed E-state index contributed by atoms with van der Waals surface area (Å²) in [5, 5.41) is 6.84. The van der Waals surface area contributed by atoms with E-state index in [-0.39, 0.29) is 0 Å². The van der Waals surface area contributed by atoms with Crippen LogP contribution in [0, 0.1) is 0 Å². The van der Waals surface area contributed by atoms with Crippen LogP contribution >= 0.6 is 0 Å². The van der Waals surface area contributed by atoms with Crippen molar-refractivity contribution in [2.45, 2.75) is 0 Å². The molecule has 0 aliphatic heterocycles. The van der Waals surface area contributed by atoms with Gasteiger partial charge in [0, 0.05) is 21.5 Å². The van der Waals surface area contributed by atoms with Gasteiger partial charge >= 0.3 is 0 Å². The van der Waals surface area contributed by atoms with Gasteiger partial charge < -0.3 is 13.4 Å². The molecule has 39 heavy (non-hydrogen) atoms. The Labute approximate surface area is 222 Å². The fraction of sp³-hybridized carbons (Fsp3) is 0. The highest BCUT2D eigenvalue weighted by atomic mass is 16.4. The van der Waals surface area contributed by atoms with Crippen molar-refractivity contribution >= 4 is 65.6 Å². The highest BCUT2D eigenvalue weighted by Gasteiger charge is 2.22. The van der Waals surface area contributed by atoms with Gasteiger partial charge in [-0.1, -0.05) is 84.9 Å². The summed E-state index contributed by atoms with van der Waals surface area (Å²) < 4.78 is 15.4. The fourth-order valence-corrected chi connectivity index (χ4v) is 6.14. The number of fused-ring (bicyclic) bond motifs is 9. The molecule has 0 aliphatic carbocycles. The molecule has 0 amide bonds. The van der Waals surface area contributed by atoms with Crippen LogP contribution in [0.4, 0.5) is 0 Å². The van der Waals surface area contributed by atoms with E-state index in [1.54, 1.807) is 0 Å². The second kappa shape index (κ2) is 7.59. The molecule has 0 N–H and O–H groups in total. The SMILES string of the molecule is c1ccc2c(c1)cc(-c1nc3ccccc3o1)c1oc3c(-n4c5ccccc5c5ccccc54)cccc3c12. The van der Waals surface area contributed by atoms with E-state index in [9.17, 15) is 0 Å². The summed E-state index contributed by atoms with van der Waals surface area (Å²) in [7, 11) is 0. The summed E-state index contributed by atoms with van der Waals surface area (Å²) in [5.41, 5.74) is 7.37. The zero-order chi connectivity index (χ0) is 25.5. The van der Waals surface area contributed by atoms with Gasteiger partial charge in [-0.15, -0.1) is 0 Å². The monoisotopic (exact) mass is 500 g/mol. The second-order valence-corrected chi connectivity index (χ2v) is 9.96. The van der Waals surface area contributed by atoms with Gasteiger partial charge in [0.15, 0.2) is 11.2 Å². The van der Waals surface area contributed by atoms with Gasteiger partial charge in [-0.2, -0.15) is 0 Å². The highest BCUT2D eigenvalue weighted by molar-refractivity contribution is 6.23. The first kappa shape index (κ1) is 20.7. The van der Waals surface area contributed by atoms with Crippen molar-refractivity contribution in [1.82, 2.24) is 9.55 Å². The molecule has 0 saturated carbocycles. The van der Waals surface area contributed by atoms with Crippen molar-refractivity contribution in [3.8, 4) is 17.1 Å². The Bertz CT molecular complexity index is 2320. The summed E-state index contributed by atoms with van der Waals surface area (Å²) in [6.45, 7) is 0. The number of hydrogen-bond donors (Lipinski definition) is 0. The molecule has 0 unspecified atom stereocenters. The lowest BCUT2D eigenvalue weighted by Crippen LogP contribution is -1.93. The average molecular weight is 501 g/mol. The molecule has 0 fully saturated rings. The predicted octanol–water partition coefficient (Wildman–Crippen LogP) is 9.64. The maximum absolute atomic E-state index is 6.87. The minimum Gasteiger partial charge on any atom is -0.453 e. The number of aromatic nitrogens is 2. The number of benzene rings is 6. The standard InChI is InChI=1S/C35H20N2O2/c1-2-11-22-21(10-1)20-26(35-36-27-15-5-8-19-31(27)38-35)34-32(22)25-14-9-18-30(33(25)39-34)37-28-16-6-3-12-23(28)24-13-4-7-17-29(24)37/h1-20H. The first-order chi connectivity index (χ1) is 19.3. The molecule has 3 heterocycles. The number of para-hydroxylation sites is 5. The summed E-state index contributed by atoms with van der Waals surface area (Å²) in [6, 6.07) is 42.0. The average Bonchev–Trinajstić information content (AvgIpc) is 3.69. The van der Waals surface area contributed by atoms with Gasteiger partial charge in [0.25, 0.3) is 0 Å². The van der Waals surface area contributed by atoms with Crippen molar-refractivity contribution in [3.63, 3.8) is 0 Å². The summed E-state index contributed by atoms with van der Waals surface area (Å²) in [4.78, 5) is 4.83. The molecule has 182 valence electrons. The van der Waals surface area contributed by atoms with Crippen LogP contribution in [-0.4, -0.2) is 9.55 Å². The Kier molecular flexibility index (Phi) is 4.02. The molecule has 9 rings (SSSR count). The maximum Gasteiger partial charge on any atom is 0.231 e. The van der Waals surface area contributed by atoms with Crippen LogP contribution in [0.2, 0.25) is 0 Å². The number of rotatable bonds is 2. The summed E-state index contributed by atoms with van der Waals surface area (Å²) >= 11 is 0. The smallest absolute Gasteiger partial charge is 0.231 e. The van der Waals surface area contributed by atoms with E-state index in [1.165, 1.54) is 10.8 Å². The number of oxazole rings is 1. The van der Waals surface area contributed by atoms with Gasteiger partial charge in [0.05, 0.1) is 22.3 Å². The Hall–Kier alpha value is -5.35. The van der Waals surface area contributed by atoms with Gasteiger partial charge in [0.1, 0.15) is 11.1 Å². The Balaban J connectivity index is 1.45. The number of nitrogens with zero attached hydrogens (tertiary/aromatic N) is 2. The molecule has 0 aliphatic rings. The molecule has 4 heteroatoms. The summed E-state index contributed by atoms with van der Waals surface area (Å²) in [5.74, 6) is 0.560. The van der Waals surface area contributed by atoms with Crippen LogP contribution in [0.15, 0.2) is 130 Å². The van der Waals surface area contributed by atoms with Crippen LogP contribution in [0.1, 0.15) is 0 Å². The lowest BCUT2D eigenvalue weighted by atomic mass is 10.00. The first-order valence-corrected chi connectivity index (χ1v) is 13.1. The van der Waals surface area contributed by atoms with Crippen molar-refractivity contribution < 1.29 is 8.83 Å². The number of hydrogen-bond acceptors (Lipinski definition) is 3. The molecular weight excluding hydrogens is 480 g/mol. The van der Waals surface area contributed by atoms with Crippen molar-refractivity contribution in [2.24, 2.45) is 0 Å². The van der Waals surface area contributed by atoms with Gasteiger partial charge in [0.2, 0.25) is 5.89 Å². The third-order valence-corrected chi connectivity index (χ3v) is 7.81. The van der Waals surface area contributed by atoms with Crippen molar-refractivity contribution in [2.75, 3.05) is 0 Å². The van der Waals surface area contributed by atoms with E-state index < -0.39 is 0 Å². The third-order valence-electron chi connectivity index (χ3n) is 7.81. The first-order valence-electron chi connectivity index (χ1n) is 13.1. The molecule has 6 aromatic carbocycles. The lowest BCUT2D eigenvalue weighted by molar-refractivity contribution is 0.615. The van der Waals surface area contributed by atoms with E-state index in [1.807, 2.05) is 24.3 Å². The topological polar surface area (TPSA) is 44.1 Å². The highest BCUT2D eigenvalue weighted by Crippen LogP contribution is 2.44. The minimum atomic E-state index is 0.560. The summed E-state index contributed by atoms with van der Waals surface area (Å²) in [6.07, 6.45) is 0. The molecule has 0 radical (unpaired) electrons. The van der Waals surface area contributed by atoms with E-state index in [4.69, 9.17) is 13.8 Å². The maximum atomic E-state index is 6.87. The number of furan rings is 1. The quantitative estimate of drug-likeness (QED) is 0.237. The zero-order valence-corrected chi connectivity index (χ0v) is 20.8. The molecule has 0 bridgehead atoms. The molecule has 9 aromatic rings. The van der Waals surface area contributed by atoms with E-state index >= 15 is 0 Å². The largest absolute Gasteiger partial charge is 0.453 e. The Morgan fingerprint density at radius 2 is 1.21 bits per heavy atom. The molecule has 0 spiro atoms. The molecular formula is C35H20N2O2. The van der Waals surface area contributed by atoms with Crippen LogP contribution < -0.4 is 0 Å². The lowest BCUT2D eigenvalue weighted by Gasteiger charge is -2.08. The Morgan fingerprint density at radius 3 is 2.00 bits per heavy atom. The third kappa shape index (κ3) is 2.80. The van der Waals surface area contributed by atoms with Crippen LogP contribution in [0.5, 0.6) is 0 Å². The normalized spacial score (nSPS) is 12.1. The van der Waals surface area contributed by atoms with Gasteiger partial charge in [-0.25, -0.2) is 4.98 Å². The molecule has 0 atom stereocenters. The van der Waals surface area contributed by atoms with E-state index in [0.717, 1.165) is 66.1 Å². The van der Waals surface area contributed by atoms with E-state index in [0.29, 0.717) is 5.89 Å². The van der Waals surface area contributed by atoms with Crippen molar-refractivity contribution in [1.29, 1.82) is 0 Å². The van der Waals surface area contributed by atoms with Crippen LogP contribution in [-0.2, 0) is 0 Å². The van der Waals surface area contributed by atoms with Gasteiger partial charge in [-0.3, -0.25) is 0 Å². The fourth-order valence-electron chi connectivity index (χ4n) is 6.14. The van der Waals surface area contributed by atoms with Crippen LogP contribution in [0.3, 0.4) is 0 Å².